The molecule has 4 rings (SSSR count). The molecule has 4 aliphatic rings. The quantitative estimate of drug-likeness (QED) is 0.471. The van der Waals surface area contributed by atoms with Gasteiger partial charge >= 0.3 is 10.4 Å². The molecule has 7 heteroatoms. The molecule has 0 heterocycles. The van der Waals surface area contributed by atoms with Gasteiger partial charge in [-0.3, -0.25) is 9.11 Å². The zero-order valence-electron chi connectivity index (χ0n) is 10.9. The minimum Gasteiger partial charge on any atom is -0.313 e. The molecule has 112 valence electrons. The van der Waals surface area contributed by atoms with Crippen LogP contribution >= 0.6 is 12.6 Å². The Bertz CT molecular complexity index is 363. The van der Waals surface area contributed by atoms with Gasteiger partial charge in [-0.25, -0.2) is 0 Å². The van der Waals surface area contributed by atoms with Crippen LogP contribution in [0.3, 0.4) is 0 Å². The number of thiol groups is 1. The lowest BCUT2D eigenvalue weighted by Crippen LogP contribution is -2.54. The fourth-order valence-corrected chi connectivity index (χ4v) is 4.62. The summed E-state index contributed by atoms with van der Waals surface area (Å²) in [5.74, 6) is 5.23. The van der Waals surface area contributed by atoms with Crippen molar-refractivity contribution in [1.82, 2.24) is 5.32 Å². The Hall–Kier alpha value is 0.180. The fraction of sp³-hybridized carbons (Fsp3) is 1.00. The molecule has 0 spiro atoms. The number of nitrogens with one attached hydrogen (secondary N) is 1. The second kappa shape index (κ2) is 6.30. The van der Waals surface area contributed by atoms with Crippen LogP contribution in [0.2, 0.25) is 0 Å². The second-order valence-electron chi connectivity index (χ2n) is 6.08. The molecule has 4 bridgehead atoms. The minimum absolute atomic E-state index is 0.856. The van der Waals surface area contributed by atoms with Crippen LogP contribution in [-0.2, 0) is 10.4 Å². The first-order chi connectivity index (χ1) is 8.86. The zero-order valence-corrected chi connectivity index (χ0v) is 12.6. The van der Waals surface area contributed by atoms with Gasteiger partial charge in [0.25, 0.3) is 0 Å². The van der Waals surface area contributed by atoms with Crippen LogP contribution in [0.25, 0.3) is 0 Å². The molecule has 4 aliphatic carbocycles. The SMILES string of the molecule is O=S(=O)(O)O.SCCNC1C2CC3CC(C2)CC1C3. The van der Waals surface area contributed by atoms with Crippen LogP contribution < -0.4 is 5.32 Å². The molecule has 0 atom stereocenters. The fourth-order valence-electron chi connectivity index (χ4n) is 4.49. The first-order valence-electron chi connectivity index (χ1n) is 6.91. The van der Waals surface area contributed by atoms with Crippen LogP contribution in [0, 0.1) is 23.7 Å². The predicted molar refractivity (Wildman–Crippen MR) is 76.9 cm³/mol. The average molecular weight is 309 g/mol. The first-order valence-corrected chi connectivity index (χ1v) is 8.94. The zero-order chi connectivity index (χ0) is 14.0. The van der Waals surface area contributed by atoms with Crippen molar-refractivity contribution < 1.29 is 17.5 Å². The van der Waals surface area contributed by atoms with Crippen LogP contribution in [0.4, 0.5) is 0 Å². The Morgan fingerprint density at radius 3 is 1.79 bits per heavy atom. The van der Waals surface area contributed by atoms with E-state index in [2.05, 4.69) is 17.9 Å². The third kappa shape index (κ3) is 4.60. The van der Waals surface area contributed by atoms with Crippen molar-refractivity contribution in [3.8, 4) is 0 Å². The van der Waals surface area contributed by atoms with E-state index in [-0.39, 0.29) is 0 Å². The van der Waals surface area contributed by atoms with Crippen molar-refractivity contribution in [1.29, 1.82) is 0 Å². The molecule has 19 heavy (non-hydrogen) atoms. The van der Waals surface area contributed by atoms with Crippen LogP contribution in [-0.4, -0.2) is 35.9 Å². The lowest BCUT2D eigenvalue weighted by Gasteiger charge is -2.54. The topological polar surface area (TPSA) is 86.6 Å². The molecule has 0 amide bonds. The largest absolute Gasteiger partial charge is 0.394 e. The van der Waals surface area contributed by atoms with Crippen LogP contribution in [0.1, 0.15) is 32.1 Å². The van der Waals surface area contributed by atoms with E-state index in [1.54, 1.807) is 6.42 Å². The van der Waals surface area contributed by atoms with Gasteiger partial charge in [-0.05, 0) is 55.8 Å². The maximum atomic E-state index is 8.74. The molecule has 5 nitrogen and oxygen atoms in total. The summed E-state index contributed by atoms with van der Waals surface area (Å²) in [5, 5.41) is 3.74. The summed E-state index contributed by atoms with van der Waals surface area (Å²) < 4.78 is 31.6. The molecular weight excluding hydrogens is 286 g/mol. The minimum atomic E-state index is -4.67. The van der Waals surface area contributed by atoms with Gasteiger partial charge in [-0.15, -0.1) is 0 Å². The van der Waals surface area contributed by atoms with E-state index in [1.807, 2.05) is 0 Å². The highest BCUT2D eigenvalue weighted by atomic mass is 32.3. The summed E-state index contributed by atoms with van der Waals surface area (Å²) in [4.78, 5) is 0. The summed E-state index contributed by atoms with van der Waals surface area (Å²) in [5.41, 5.74) is 0. The summed E-state index contributed by atoms with van der Waals surface area (Å²) in [7, 11) is -4.67. The maximum Gasteiger partial charge on any atom is 0.394 e. The highest BCUT2D eigenvalue weighted by molar-refractivity contribution is 7.80. The van der Waals surface area contributed by atoms with Gasteiger partial charge in [0.15, 0.2) is 0 Å². The Labute approximate surface area is 120 Å². The van der Waals surface area contributed by atoms with Gasteiger partial charge in [-0.1, -0.05) is 0 Å². The summed E-state index contributed by atoms with van der Waals surface area (Å²) >= 11 is 4.29. The monoisotopic (exact) mass is 309 g/mol. The molecule has 0 aromatic rings. The van der Waals surface area contributed by atoms with E-state index in [0.717, 1.165) is 42.0 Å². The highest BCUT2D eigenvalue weighted by Crippen LogP contribution is 2.53. The van der Waals surface area contributed by atoms with Crippen molar-refractivity contribution in [2.24, 2.45) is 23.7 Å². The summed E-state index contributed by atoms with van der Waals surface area (Å²) in [6, 6.07) is 0.856. The maximum absolute atomic E-state index is 8.74. The number of rotatable bonds is 3. The van der Waals surface area contributed by atoms with E-state index in [4.69, 9.17) is 17.5 Å². The normalized spacial score (nSPS) is 39.8. The van der Waals surface area contributed by atoms with Crippen molar-refractivity contribution in [3.05, 3.63) is 0 Å². The van der Waals surface area contributed by atoms with Crippen molar-refractivity contribution in [2.75, 3.05) is 12.3 Å². The molecule has 0 unspecified atom stereocenters. The Kier molecular flexibility index (Phi) is 5.16. The molecule has 0 aliphatic heterocycles. The molecule has 4 saturated carbocycles. The average Bonchev–Trinajstić information content (AvgIpc) is 2.25. The number of hydrogen-bond donors (Lipinski definition) is 4. The lowest BCUT2D eigenvalue weighted by atomic mass is 9.54. The van der Waals surface area contributed by atoms with Gasteiger partial charge in [0.1, 0.15) is 0 Å². The molecular formula is C12H23NO4S2. The molecule has 0 aromatic carbocycles. The van der Waals surface area contributed by atoms with Gasteiger partial charge < -0.3 is 5.32 Å². The second-order valence-corrected chi connectivity index (χ2v) is 7.42. The Balaban J connectivity index is 0.000000232. The standard InChI is InChI=1S/C12H21NS.H2O4S/c14-2-1-13-12-10-4-8-3-9(6-10)7-11(12)5-8;1-5(2,3)4/h8-14H,1-7H2;(H2,1,2,3,4). The third-order valence-electron chi connectivity index (χ3n) is 4.72. The third-order valence-corrected chi connectivity index (χ3v) is 4.94. The van der Waals surface area contributed by atoms with Gasteiger partial charge in [0.05, 0.1) is 0 Å². The number of hydrogen-bond acceptors (Lipinski definition) is 4. The van der Waals surface area contributed by atoms with E-state index in [9.17, 15) is 0 Å². The Morgan fingerprint density at radius 1 is 1.00 bits per heavy atom. The van der Waals surface area contributed by atoms with Gasteiger partial charge in [0.2, 0.25) is 0 Å². The first kappa shape index (κ1) is 15.6. The van der Waals surface area contributed by atoms with Gasteiger partial charge in [0, 0.05) is 18.3 Å². The van der Waals surface area contributed by atoms with Crippen molar-refractivity contribution >= 4 is 23.0 Å². The van der Waals surface area contributed by atoms with E-state index in [0.29, 0.717) is 0 Å². The highest BCUT2D eigenvalue weighted by Gasteiger charge is 2.47. The van der Waals surface area contributed by atoms with Gasteiger partial charge in [-0.2, -0.15) is 21.0 Å². The summed E-state index contributed by atoms with van der Waals surface area (Å²) in [6.07, 6.45) is 7.66. The molecule has 0 radical (unpaired) electrons. The van der Waals surface area contributed by atoms with E-state index < -0.39 is 10.4 Å². The smallest absolute Gasteiger partial charge is 0.313 e. The summed E-state index contributed by atoms with van der Waals surface area (Å²) in [6.45, 7) is 1.11. The predicted octanol–water partition coefficient (Wildman–Crippen LogP) is 1.68. The molecule has 4 fully saturated rings. The van der Waals surface area contributed by atoms with E-state index in [1.165, 1.54) is 25.7 Å². The molecule has 0 saturated heterocycles. The van der Waals surface area contributed by atoms with Crippen molar-refractivity contribution in [3.63, 3.8) is 0 Å². The van der Waals surface area contributed by atoms with Crippen LogP contribution in [0.15, 0.2) is 0 Å². The van der Waals surface area contributed by atoms with Crippen molar-refractivity contribution in [2.45, 2.75) is 38.1 Å². The van der Waals surface area contributed by atoms with E-state index >= 15 is 0 Å². The molecule has 0 aromatic heterocycles. The molecule has 3 N–H and O–H groups in total. The lowest BCUT2D eigenvalue weighted by molar-refractivity contribution is -0.0128. The van der Waals surface area contributed by atoms with Crippen LogP contribution in [0.5, 0.6) is 0 Å². The Morgan fingerprint density at radius 2 is 1.42 bits per heavy atom.